The molecule has 0 N–H and O–H groups in total. The standard InChI is InChI=1S/C11H9ClN6OS/c1-18-11(15-16-17-18)20-6-9-13-14-10(19-9)7-4-2-3-5-8(7)12/h2-5H,6H2,1H3. The van der Waals surface area contributed by atoms with Gasteiger partial charge in [0.1, 0.15) is 0 Å². The minimum absolute atomic E-state index is 0.405. The van der Waals surface area contributed by atoms with Gasteiger partial charge in [0, 0.05) is 7.05 Å². The van der Waals surface area contributed by atoms with Crippen molar-refractivity contribution in [1.82, 2.24) is 30.4 Å². The third-order valence-electron chi connectivity index (χ3n) is 2.48. The lowest BCUT2D eigenvalue weighted by Gasteiger charge is -1.97. The van der Waals surface area contributed by atoms with Crippen molar-refractivity contribution in [1.29, 1.82) is 0 Å². The monoisotopic (exact) mass is 308 g/mol. The summed E-state index contributed by atoms with van der Waals surface area (Å²) in [5.41, 5.74) is 0.721. The molecule has 9 heteroatoms. The van der Waals surface area contributed by atoms with Crippen molar-refractivity contribution in [3.05, 3.63) is 35.2 Å². The fourth-order valence-corrected chi connectivity index (χ4v) is 2.43. The maximum Gasteiger partial charge on any atom is 0.249 e. The average Bonchev–Trinajstić information content (AvgIpc) is 3.06. The van der Waals surface area contributed by atoms with Crippen molar-refractivity contribution in [3.63, 3.8) is 0 Å². The summed E-state index contributed by atoms with van der Waals surface area (Å²) in [6.07, 6.45) is 0. The Morgan fingerprint density at radius 1 is 1.25 bits per heavy atom. The Labute approximate surface area is 123 Å². The first-order valence-corrected chi connectivity index (χ1v) is 7.03. The van der Waals surface area contributed by atoms with Crippen LogP contribution in [-0.4, -0.2) is 30.4 Å². The molecule has 0 amide bonds. The second-order valence-corrected chi connectivity index (χ2v) is 5.20. The molecule has 0 atom stereocenters. The molecule has 0 radical (unpaired) electrons. The third-order valence-corrected chi connectivity index (χ3v) is 3.80. The van der Waals surface area contributed by atoms with Crippen LogP contribution in [-0.2, 0) is 12.8 Å². The van der Waals surface area contributed by atoms with E-state index in [9.17, 15) is 0 Å². The topological polar surface area (TPSA) is 82.5 Å². The highest BCUT2D eigenvalue weighted by atomic mass is 35.5. The first-order chi connectivity index (χ1) is 9.74. The molecule has 0 aliphatic heterocycles. The van der Waals surface area contributed by atoms with E-state index >= 15 is 0 Å². The summed E-state index contributed by atoms with van der Waals surface area (Å²) in [6.45, 7) is 0. The van der Waals surface area contributed by atoms with Gasteiger partial charge in [0.15, 0.2) is 0 Å². The predicted molar refractivity (Wildman–Crippen MR) is 73.1 cm³/mol. The van der Waals surface area contributed by atoms with E-state index in [2.05, 4.69) is 25.7 Å². The summed E-state index contributed by atoms with van der Waals surface area (Å²) in [7, 11) is 1.77. The zero-order chi connectivity index (χ0) is 13.9. The van der Waals surface area contributed by atoms with Gasteiger partial charge in [-0.05, 0) is 22.6 Å². The summed E-state index contributed by atoms with van der Waals surface area (Å²) in [6, 6.07) is 7.32. The molecule has 102 valence electrons. The van der Waals surface area contributed by atoms with Crippen molar-refractivity contribution in [2.24, 2.45) is 7.05 Å². The number of hydrogen-bond donors (Lipinski definition) is 0. The van der Waals surface area contributed by atoms with Crippen LogP contribution in [0, 0.1) is 0 Å². The summed E-state index contributed by atoms with van der Waals surface area (Å²) in [4.78, 5) is 0. The molecule has 2 heterocycles. The number of aryl methyl sites for hydroxylation is 1. The number of halogens is 1. The van der Waals surface area contributed by atoms with Gasteiger partial charge in [-0.25, -0.2) is 4.68 Å². The van der Waals surface area contributed by atoms with Crippen LogP contribution < -0.4 is 0 Å². The molecule has 0 bridgehead atoms. The largest absolute Gasteiger partial charge is 0.420 e. The van der Waals surface area contributed by atoms with Crippen molar-refractivity contribution in [2.75, 3.05) is 0 Å². The highest BCUT2D eigenvalue weighted by Gasteiger charge is 2.12. The molecule has 20 heavy (non-hydrogen) atoms. The Morgan fingerprint density at radius 3 is 2.85 bits per heavy atom. The van der Waals surface area contributed by atoms with E-state index in [1.165, 1.54) is 11.8 Å². The molecule has 0 fully saturated rings. The van der Waals surface area contributed by atoms with E-state index in [1.54, 1.807) is 17.8 Å². The molecular formula is C11H9ClN6OS. The van der Waals surface area contributed by atoms with Crippen molar-refractivity contribution < 1.29 is 4.42 Å². The molecule has 3 aromatic rings. The van der Waals surface area contributed by atoms with Gasteiger partial charge in [-0.15, -0.1) is 15.3 Å². The first kappa shape index (κ1) is 13.1. The quantitative estimate of drug-likeness (QED) is 0.683. The fraction of sp³-hybridized carbons (Fsp3) is 0.182. The zero-order valence-corrected chi connectivity index (χ0v) is 12.0. The number of thioether (sulfide) groups is 1. The molecule has 0 aliphatic carbocycles. The minimum Gasteiger partial charge on any atom is -0.420 e. The summed E-state index contributed by atoms with van der Waals surface area (Å²) >= 11 is 7.50. The van der Waals surface area contributed by atoms with Gasteiger partial charge in [0.25, 0.3) is 0 Å². The smallest absolute Gasteiger partial charge is 0.249 e. The van der Waals surface area contributed by atoms with Crippen LogP contribution in [0.5, 0.6) is 0 Å². The van der Waals surface area contributed by atoms with Gasteiger partial charge in [0.05, 0.1) is 16.3 Å². The van der Waals surface area contributed by atoms with Crippen LogP contribution in [0.2, 0.25) is 5.02 Å². The number of nitrogens with zero attached hydrogens (tertiary/aromatic N) is 6. The molecule has 0 spiro atoms. The van der Waals surface area contributed by atoms with E-state index in [-0.39, 0.29) is 0 Å². The number of hydrogen-bond acceptors (Lipinski definition) is 7. The highest BCUT2D eigenvalue weighted by Crippen LogP contribution is 2.27. The number of rotatable bonds is 4. The second-order valence-electron chi connectivity index (χ2n) is 3.85. The van der Waals surface area contributed by atoms with Gasteiger partial charge >= 0.3 is 0 Å². The Hall–Kier alpha value is -1.93. The molecule has 0 unspecified atom stereocenters. The zero-order valence-electron chi connectivity index (χ0n) is 10.4. The number of aromatic nitrogens is 6. The van der Waals surface area contributed by atoms with Crippen LogP contribution in [0.15, 0.2) is 33.8 Å². The Kier molecular flexibility index (Phi) is 3.66. The minimum atomic E-state index is 0.405. The third kappa shape index (κ3) is 2.66. The lowest BCUT2D eigenvalue weighted by Crippen LogP contribution is -1.93. The first-order valence-electron chi connectivity index (χ1n) is 5.66. The summed E-state index contributed by atoms with van der Waals surface area (Å²) in [5.74, 6) is 1.39. The van der Waals surface area contributed by atoms with Crippen LogP contribution in [0.1, 0.15) is 5.89 Å². The Morgan fingerprint density at radius 2 is 2.10 bits per heavy atom. The van der Waals surface area contributed by atoms with E-state index in [0.717, 1.165) is 5.56 Å². The molecule has 2 aromatic heterocycles. The predicted octanol–water partition coefficient (Wildman–Crippen LogP) is 2.21. The van der Waals surface area contributed by atoms with E-state index in [0.29, 0.717) is 27.7 Å². The van der Waals surface area contributed by atoms with E-state index in [4.69, 9.17) is 16.0 Å². The van der Waals surface area contributed by atoms with Crippen LogP contribution in [0.25, 0.3) is 11.5 Å². The Balaban J connectivity index is 1.74. The molecule has 7 nitrogen and oxygen atoms in total. The second kappa shape index (κ2) is 5.59. The lowest BCUT2D eigenvalue weighted by molar-refractivity contribution is 0.528. The molecule has 3 rings (SSSR count). The highest BCUT2D eigenvalue weighted by molar-refractivity contribution is 7.98. The average molecular weight is 309 g/mol. The molecule has 1 aromatic carbocycles. The molecule has 0 saturated heterocycles. The lowest BCUT2D eigenvalue weighted by atomic mass is 10.2. The van der Waals surface area contributed by atoms with Crippen molar-refractivity contribution in [2.45, 2.75) is 10.9 Å². The summed E-state index contributed by atoms with van der Waals surface area (Å²) < 4.78 is 7.16. The van der Waals surface area contributed by atoms with E-state index in [1.807, 2.05) is 18.2 Å². The maximum atomic E-state index is 6.08. The van der Waals surface area contributed by atoms with E-state index < -0.39 is 0 Å². The Bertz CT molecular complexity index is 727. The normalized spacial score (nSPS) is 10.9. The van der Waals surface area contributed by atoms with Gasteiger partial charge < -0.3 is 4.42 Å². The van der Waals surface area contributed by atoms with Crippen molar-refractivity contribution in [3.8, 4) is 11.5 Å². The molecule has 0 aliphatic rings. The van der Waals surface area contributed by atoms with Gasteiger partial charge in [-0.2, -0.15) is 0 Å². The van der Waals surface area contributed by atoms with Crippen LogP contribution in [0.4, 0.5) is 0 Å². The molecule has 0 saturated carbocycles. The van der Waals surface area contributed by atoms with Crippen molar-refractivity contribution >= 4 is 23.4 Å². The number of benzene rings is 1. The fourth-order valence-electron chi connectivity index (χ4n) is 1.53. The van der Waals surface area contributed by atoms with Gasteiger partial charge in [-0.1, -0.05) is 35.5 Å². The SMILES string of the molecule is Cn1nnnc1SCc1nnc(-c2ccccc2Cl)o1. The number of tetrazole rings is 1. The van der Waals surface area contributed by atoms with Crippen LogP contribution >= 0.6 is 23.4 Å². The van der Waals surface area contributed by atoms with Gasteiger partial charge in [-0.3, -0.25) is 0 Å². The summed E-state index contributed by atoms with van der Waals surface area (Å²) in [5, 5.41) is 20.4. The maximum absolute atomic E-state index is 6.08. The van der Waals surface area contributed by atoms with Crippen LogP contribution in [0.3, 0.4) is 0 Å². The van der Waals surface area contributed by atoms with Gasteiger partial charge in [0.2, 0.25) is 16.9 Å². The molecular weight excluding hydrogens is 300 g/mol.